The summed E-state index contributed by atoms with van der Waals surface area (Å²) in [6, 6.07) is 0.159. The van der Waals surface area contributed by atoms with E-state index in [9.17, 15) is 9.59 Å². The van der Waals surface area contributed by atoms with Crippen molar-refractivity contribution in [1.82, 2.24) is 10.2 Å². The van der Waals surface area contributed by atoms with Gasteiger partial charge >= 0.3 is 0 Å². The van der Waals surface area contributed by atoms with Crippen LogP contribution in [0.25, 0.3) is 0 Å². The minimum absolute atomic E-state index is 0.0228. The van der Waals surface area contributed by atoms with Gasteiger partial charge in [0.25, 0.3) is 0 Å². The van der Waals surface area contributed by atoms with Crippen LogP contribution in [0.5, 0.6) is 0 Å². The van der Waals surface area contributed by atoms with Crippen molar-refractivity contribution in [3.8, 4) is 0 Å². The van der Waals surface area contributed by atoms with E-state index in [1.807, 2.05) is 0 Å². The largest absolute Gasteiger partial charge is 0.352 e. The maximum absolute atomic E-state index is 10.9. The van der Waals surface area contributed by atoms with Gasteiger partial charge in [-0.25, -0.2) is 0 Å². The molecule has 1 aliphatic rings. The zero-order valence-corrected chi connectivity index (χ0v) is 7.46. The molecule has 4 heteroatoms. The molecule has 0 radical (unpaired) electrons. The number of nitrogens with one attached hydrogen (secondary N) is 1. The Morgan fingerprint density at radius 1 is 1.42 bits per heavy atom. The van der Waals surface area contributed by atoms with E-state index in [0.717, 1.165) is 13.0 Å². The van der Waals surface area contributed by atoms with Gasteiger partial charge in [-0.2, -0.15) is 0 Å². The predicted molar refractivity (Wildman–Crippen MR) is 44.5 cm³/mol. The monoisotopic (exact) mass is 170 g/mol. The molecule has 12 heavy (non-hydrogen) atoms. The third kappa shape index (κ3) is 2.22. The molecule has 1 saturated heterocycles. The lowest BCUT2D eigenvalue weighted by Gasteiger charge is -2.13. The van der Waals surface area contributed by atoms with Crippen LogP contribution in [-0.4, -0.2) is 35.8 Å². The molecular weight excluding hydrogens is 156 g/mol. The summed E-state index contributed by atoms with van der Waals surface area (Å²) in [5.74, 6) is 0.0632. The third-order valence-corrected chi connectivity index (χ3v) is 2.04. The molecule has 1 rings (SSSR count). The fourth-order valence-corrected chi connectivity index (χ4v) is 1.45. The highest BCUT2D eigenvalue weighted by Crippen LogP contribution is 2.08. The molecule has 1 N–H and O–H groups in total. The van der Waals surface area contributed by atoms with E-state index >= 15 is 0 Å². The quantitative estimate of drug-likeness (QED) is 0.589. The molecule has 0 aromatic heterocycles. The molecule has 1 atom stereocenters. The normalized spacial score (nSPS) is 22.5. The number of hydrogen-bond donors (Lipinski definition) is 1. The Kier molecular flexibility index (Phi) is 2.68. The van der Waals surface area contributed by atoms with Gasteiger partial charge in [-0.3, -0.25) is 9.59 Å². The van der Waals surface area contributed by atoms with Crippen molar-refractivity contribution in [1.29, 1.82) is 0 Å². The van der Waals surface area contributed by atoms with Gasteiger partial charge < -0.3 is 10.2 Å². The van der Waals surface area contributed by atoms with E-state index in [1.54, 1.807) is 11.8 Å². The van der Waals surface area contributed by atoms with Crippen molar-refractivity contribution < 1.29 is 9.59 Å². The number of carbonyl (C=O) groups excluding carboxylic acids is 2. The van der Waals surface area contributed by atoms with Crippen molar-refractivity contribution in [2.24, 2.45) is 0 Å². The first kappa shape index (κ1) is 9.03. The summed E-state index contributed by atoms with van der Waals surface area (Å²) in [5, 5.41) is 2.79. The standard InChI is InChI=1S/C8H14N2O2/c1-6(11)9-8-3-4-10(5-8)7(2)12/h8H,3-5H2,1-2H3,(H,9,11)/t8-/m1/s1. The van der Waals surface area contributed by atoms with Crippen LogP contribution >= 0.6 is 0 Å². The van der Waals surface area contributed by atoms with E-state index < -0.39 is 0 Å². The van der Waals surface area contributed by atoms with E-state index in [4.69, 9.17) is 0 Å². The van der Waals surface area contributed by atoms with Crippen LogP contribution in [0.2, 0.25) is 0 Å². The number of rotatable bonds is 1. The van der Waals surface area contributed by atoms with Crippen molar-refractivity contribution in [2.45, 2.75) is 26.3 Å². The first-order valence-electron chi connectivity index (χ1n) is 4.12. The number of carbonyl (C=O) groups is 2. The molecule has 4 nitrogen and oxygen atoms in total. The maximum atomic E-state index is 10.9. The summed E-state index contributed by atoms with van der Waals surface area (Å²) in [6.07, 6.45) is 0.874. The molecule has 1 aliphatic heterocycles. The molecule has 0 unspecified atom stereocenters. The van der Waals surface area contributed by atoms with Crippen LogP contribution in [0, 0.1) is 0 Å². The first-order valence-corrected chi connectivity index (χ1v) is 4.12. The summed E-state index contributed by atoms with van der Waals surface area (Å²) in [4.78, 5) is 23.3. The van der Waals surface area contributed by atoms with Crippen LogP contribution in [0.4, 0.5) is 0 Å². The molecule has 0 aromatic rings. The molecule has 0 spiro atoms. The van der Waals surface area contributed by atoms with Crippen LogP contribution in [-0.2, 0) is 9.59 Å². The van der Waals surface area contributed by atoms with Gasteiger partial charge in [0.15, 0.2) is 0 Å². The predicted octanol–water partition coefficient (Wildman–Crippen LogP) is -0.257. The summed E-state index contributed by atoms with van der Waals surface area (Å²) < 4.78 is 0. The second-order valence-corrected chi connectivity index (χ2v) is 3.15. The Morgan fingerprint density at radius 3 is 2.50 bits per heavy atom. The molecule has 0 aliphatic carbocycles. The lowest BCUT2D eigenvalue weighted by atomic mass is 10.3. The van der Waals surface area contributed by atoms with Crippen LogP contribution in [0.1, 0.15) is 20.3 Å². The molecule has 0 saturated carbocycles. The van der Waals surface area contributed by atoms with E-state index in [-0.39, 0.29) is 17.9 Å². The minimum atomic E-state index is -0.0228. The van der Waals surface area contributed by atoms with Gasteiger partial charge in [0, 0.05) is 33.0 Å². The van der Waals surface area contributed by atoms with Gasteiger partial charge in [-0.1, -0.05) is 0 Å². The van der Waals surface area contributed by atoms with Gasteiger partial charge in [-0.05, 0) is 6.42 Å². The summed E-state index contributed by atoms with van der Waals surface area (Å²) >= 11 is 0. The lowest BCUT2D eigenvalue weighted by Crippen LogP contribution is -2.36. The number of amides is 2. The van der Waals surface area contributed by atoms with Crippen molar-refractivity contribution >= 4 is 11.8 Å². The highest BCUT2D eigenvalue weighted by molar-refractivity contribution is 5.75. The average molecular weight is 170 g/mol. The van der Waals surface area contributed by atoms with Gasteiger partial charge in [0.1, 0.15) is 0 Å². The molecule has 0 aromatic carbocycles. The Morgan fingerprint density at radius 2 is 2.08 bits per heavy atom. The lowest BCUT2D eigenvalue weighted by molar-refractivity contribution is -0.128. The molecule has 0 bridgehead atoms. The van der Waals surface area contributed by atoms with Crippen LogP contribution in [0.15, 0.2) is 0 Å². The second-order valence-electron chi connectivity index (χ2n) is 3.15. The Hall–Kier alpha value is -1.06. The molecule has 2 amide bonds. The summed E-state index contributed by atoms with van der Waals surface area (Å²) in [7, 11) is 0. The van der Waals surface area contributed by atoms with E-state index in [1.165, 1.54) is 6.92 Å². The topological polar surface area (TPSA) is 49.4 Å². The highest BCUT2D eigenvalue weighted by Gasteiger charge is 2.24. The third-order valence-electron chi connectivity index (χ3n) is 2.04. The van der Waals surface area contributed by atoms with Gasteiger partial charge in [0.2, 0.25) is 11.8 Å². The summed E-state index contributed by atoms with van der Waals surface area (Å²) in [6.45, 7) is 4.47. The Balaban J connectivity index is 2.35. The minimum Gasteiger partial charge on any atom is -0.352 e. The Bertz CT molecular complexity index is 203. The van der Waals surface area contributed by atoms with Crippen LogP contribution < -0.4 is 5.32 Å². The molecular formula is C8H14N2O2. The number of nitrogens with zero attached hydrogens (tertiary/aromatic N) is 1. The maximum Gasteiger partial charge on any atom is 0.219 e. The number of likely N-dealkylation sites (tertiary alicyclic amines) is 1. The first-order chi connectivity index (χ1) is 5.59. The van der Waals surface area contributed by atoms with Crippen LogP contribution in [0.3, 0.4) is 0 Å². The SMILES string of the molecule is CC(=O)N[C@@H]1CCN(C(C)=O)C1. The molecule has 68 valence electrons. The molecule has 1 fully saturated rings. The average Bonchev–Trinajstić information content (AvgIpc) is 2.34. The fourth-order valence-electron chi connectivity index (χ4n) is 1.45. The van der Waals surface area contributed by atoms with E-state index in [2.05, 4.69) is 5.32 Å². The fraction of sp³-hybridized carbons (Fsp3) is 0.750. The Labute approximate surface area is 71.9 Å². The van der Waals surface area contributed by atoms with Gasteiger partial charge in [-0.15, -0.1) is 0 Å². The van der Waals surface area contributed by atoms with Crippen molar-refractivity contribution in [3.05, 3.63) is 0 Å². The molecule has 1 heterocycles. The summed E-state index contributed by atoms with van der Waals surface area (Å²) in [5.41, 5.74) is 0. The van der Waals surface area contributed by atoms with E-state index in [0.29, 0.717) is 6.54 Å². The second kappa shape index (κ2) is 3.56. The highest BCUT2D eigenvalue weighted by atomic mass is 16.2. The van der Waals surface area contributed by atoms with Gasteiger partial charge in [0.05, 0.1) is 0 Å². The van der Waals surface area contributed by atoms with Crippen molar-refractivity contribution in [3.63, 3.8) is 0 Å². The zero-order valence-electron chi connectivity index (χ0n) is 7.46. The zero-order chi connectivity index (χ0) is 9.14. The smallest absolute Gasteiger partial charge is 0.219 e. The number of hydrogen-bond acceptors (Lipinski definition) is 2. The van der Waals surface area contributed by atoms with Crippen molar-refractivity contribution in [2.75, 3.05) is 13.1 Å².